The second-order valence-electron chi connectivity index (χ2n) is 6.59. The number of carbonyl (C=O) groups excluding carboxylic acids is 1. The average molecular weight is 425 g/mol. The maximum absolute atomic E-state index is 13.4. The molecule has 0 fully saturated rings. The molecule has 3 aromatic carbocycles. The number of rotatable bonds is 8. The van der Waals surface area contributed by atoms with Gasteiger partial charge in [-0.15, -0.1) is 0 Å². The summed E-state index contributed by atoms with van der Waals surface area (Å²) in [5, 5.41) is 2.80. The summed E-state index contributed by atoms with van der Waals surface area (Å²) in [6.07, 6.45) is 0. The molecule has 6 nitrogen and oxygen atoms in total. The number of hydrogen-bond donors (Lipinski definition) is 1. The number of nitrogens with one attached hydrogen (secondary N) is 1. The Balaban J connectivity index is 2.00. The lowest BCUT2D eigenvalue weighted by Gasteiger charge is -2.26. The minimum Gasteiger partial charge on any atom is -0.492 e. The Morgan fingerprint density at radius 3 is 2.27 bits per heavy atom. The maximum Gasteiger partial charge on any atom is 0.264 e. The van der Waals surface area contributed by atoms with E-state index in [1.165, 1.54) is 12.1 Å². The number of hydrogen-bond acceptors (Lipinski definition) is 4. The van der Waals surface area contributed by atoms with Crippen LogP contribution in [0.4, 0.5) is 11.4 Å². The van der Waals surface area contributed by atoms with Crippen LogP contribution in [0, 0.1) is 6.92 Å². The SMILES string of the molecule is CCOc1ccccc1N(CC(=O)Nc1ccccc1C)S(=O)(=O)c1ccccc1. The fraction of sp³-hybridized carbons (Fsp3) is 0.174. The molecule has 156 valence electrons. The van der Waals surface area contributed by atoms with Gasteiger partial charge in [-0.25, -0.2) is 8.42 Å². The molecule has 3 rings (SSSR count). The lowest BCUT2D eigenvalue weighted by atomic mass is 10.2. The minimum atomic E-state index is -4.00. The second kappa shape index (κ2) is 9.45. The Bertz CT molecular complexity index is 1110. The van der Waals surface area contributed by atoms with Crippen molar-refractivity contribution >= 4 is 27.3 Å². The maximum atomic E-state index is 13.4. The third-order valence-corrected chi connectivity index (χ3v) is 6.25. The zero-order valence-electron chi connectivity index (χ0n) is 16.9. The Labute approximate surface area is 177 Å². The van der Waals surface area contributed by atoms with Crippen molar-refractivity contribution in [3.05, 3.63) is 84.4 Å². The van der Waals surface area contributed by atoms with Gasteiger partial charge in [0.25, 0.3) is 10.0 Å². The molecule has 0 heterocycles. The third-order valence-electron chi connectivity index (χ3n) is 4.47. The van der Waals surface area contributed by atoms with Crippen LogP contribution in [0.5, 0.6) is 5.75 Å². The molecule has 1 N–H and O–H groups in total. The van der Waals surface area contributed by atoms with Crippen LogP contribution in [0.2, 0.25) is 0 Å². The molecule has 0 spiro atoms. The smallest absolute Gasteiger partial charge is 0.264 e. The first kappa shape index (κ1) is 21.4. The predicted molar refractivity (Wildman–Crippen MR) is 118 cm³/mol. The summed E-state index contributed by atoms with van der Waals surface area (Å²) in [5.74, 6) is -0.0571. The molecular weight excluding hydrogens is 400 g/mol. The molecule has 0 radical (unpaired) electrons. The number of nitrogens with zero attached hydrogens (tertiary/aromatic N) is 1. The van der Waals surface area contributed by atoms with Gasteiger partial charge in [0.15, 0.2) is 0 Å². The first-order valence-electron chi connectivity index (χ1n) is 9.58. The van der Waals surface area contributed by atoms with Gasteiger partial charge in [0, 0.05) is 5.69 Å². The van der Waals surface area contributed by atoms with E-state index in [2.05, 4.69) is 5.32 Å². The van der Waals surface area contributed by atoms with Gasteiger partial charge in [-0.1, -0.05) is 48.5 Å². The fourth-order valence-corrected chi connectivity index (χ4v) is 4.45. The van der Waals surface area contributed by atoms with Crippen molar-refractivity contribution in [1.29, 1.82) is 0 Å². The van der Waals surface area contributed by atoms with Gasteiger partial charge < -0.3 is 10.1 Å². The molecule has 0 aromatic heterocycles. The van der Waals surface area contributed by atoms with E-state index in [-0.39, 0.29) is 4.90 Å². The standard InChI is InChI=1S/C23H24N2O4S/c1-3-29-22-16-10-9-15-21(22)25(30(27,28)19-12-5-4-6-13-19)17-23(26)24-20-14-8-7-11-18(20)2/h4-16H,3,17H2,1-2H3,(H,24,26). The lowest BCUT2D eigenvalue weighted by molar-refractivity contribution is -0.114. The van der Waals surface area contributed by atoms with E-state index in [1.54, 1.807) is 48.5 Å². The molecular formula is C23H24N2O4S. The van der Waals surface area contributed by atoms with Crippen LogP contribution in [0.25, 0.3) is 0 Å². The normalized spacial score (nSPS) is 11.0. The Morgan fingerprint density at radius 1 is 0.933 bits per heavy atom. The van der Waals surface area contributed by atoms with Gasteiger partial charge in [0.05, 0.1) is 17.2 Å². The molecule has 0 saturated carbocycles. The fourth-order valence-electron chi connectivity index (χ4n) is 2.99. The van der Waals surface area contributed by atoms with Crippen molar-refractivity contribution in [2.24, 2.45) is 0 Å². The van der Waals surface area contributed by atoms with Crippen molar-refractivity contribution in [1.82, 2.24) is 0 Å². The summed E-state index contributed by atoms with van der Waals surface area (Å²) in [6.45, 7) is 3.66. The number of aryl methyl sites for hydroxylation is 1. The van der Waals surface area contributed by atoms with Crippen molar-refractivity contribution in [3.63, 3.8) is 0 Å². The van der Waals surface area contributed by atoms with E-state index >= 15 is 0 Å². The molecule has 3 aromatic rings. The quantitative estimate of drug-likeness (QED) is 0.587. The molecule has 0 aliphatic carbocycles. The minimum absolute atomic E-state index is 0.0972. The summed E-state index contributed by atoms with van der Waals surface area (Å²) in [4.78, 5) is 12.9. The number of sulfonamides is 1. The predicted octanol–water partition coefficient (Wildman–Crippen LogP) is 4.23. The van der Waals surface area contributed by atoms with Gasteiger partial charge in [-0.2, -0.15) is 0 Å². The number of anilines is 2. The molecule has 0 unspecified atom stereocenters. The molecule has 7 heteroatoms. The first-order valence-corrected chi connectivity index (χ1v) is 11.0. The molecule has 0 bridgehead atoms. The Hall–Kier alpha value is -3.32. The van der Waals surface area contributed by atoms with Crippen molar-refractivity contribution in [2.75, 3.05) is 22.8 Å². The highest BCUT2D eigenvalue weighted by molar-refractivity contribution is 7.92. The monoisotopic (exact) mass is 424 g/mol. The highest BCUT2D eigenvalue weighted by Gasteiger charge is 2.29. The van der Waals surface area contributed by atoms with Crippen LogP contribution >= 0.6 is 0 Å². The number of benzene rings is 3. The average Bonchev–Trinajstić information content (AvgIpc) is 2.75. The highest BCUT2D eigenvalue weighted by Crippen LogP contribution is 2.32. The zero-order valence-corrected chi connectivity index (χ0v) is 17.7. The van der Waals surface area contributed by atoms with Crippen molar-refractivity contribution in [2.45, 2.75) is 18.7 Å². The van der Waals surface area contributed by atoms with Gasteiger partial charge >= 0.3 is 0 Å². The molecule has 0 saturated heterocycles. The molecule has 0 atom stereocenters. The van der Waals surface area contributed by atoms with Gasteiger partial charge in [-0.3, -0.25) is 9.10 Å². The van der Waals surface area contributed by atoms with Gasteiger partial charge in [0.1, 0.15) is 12.3 Å². The Morgan fingerprint density at radius 2 is 1.57 bits per heavy atom. The number of carbonyl (C=O) groups is 1. The van der Waals surface area contributed by atoms with E-state index in [0.29, 0.717) is 23.7 Å². The van der Waals surface area contributed by atoms with Crippen molar-refractivity contribution < 1.29 is 17.9 Å². The van der Waals surface area contributed by atoms with Crippen LogP contribution in [0.3, 0.4) is 0 Å². The lowest BCUT2D eigenvalue weighted by Crippen LogP contribution is -2.38. The van der Waals surface area contributed by atoms with Crippen LogP contribution in [-0.2, 0) is 14.8 Å². The highest BCUT2D eigenvalue weighted by atomic mass is 32.2. The van der Waals surface area contributed by atoms with Gasteiger partial charge in [-0.05, 0) is 49.7 Å². The molecule has 0 aliphatic rings. The summed E-state index contributed by atoms with van der Waals surface area (Å²) in [5.41, 5.74) is 1.83. The second-order valence-corrected chi connectivity index (χ2v) is 8.45. The number of amides is 1. The molecule has 1 amide bonds. The van der Waals surface area contributed by atoms with E-state index in [9.17, 15) is 13.2 Å². The zero-order chi connectivity index (χ0) is 21.6. The molecule has 30 heavy (non-hydrogen) atoms. The van der Waals surface area contributed by atoms with Gasteiger partial charge in [0.2, 0.25) is 5.91 Å². The van der Waals surface area contributed by atoms with Crippen molar-refractivity contribution in [3.8, 4) is 5.75 Å². The molecule has 0 aliphatic heterocycles. The summed E-state index contributed by atoms with van der Waals surface area (Å²) >= 11 is 0. The summed E-state index contributed by atoms with van der Waals surface area (Å²) in [7, 11) is -4.00. The van der Waals surface area contributed by atoms with E-state index in [0.717, 1.165) is 9.87 Å². The van der Waals surface area contributed by atoms with Crippen LogP contribution < -0.4 is 14.4 Å². The first-order chi connectivity index (χ1) is 14.4. The third kappa shape index (κ3) is 4.80. The Kier molecular flexibility index (Phi) is 6.74. The number of para-hydroxylation sites is 3. The number of ether oxygens (including phenoxy) is 1. The topological polar surface area (TPSA) is 75.7 Å². The van der Waals surface area contributed by atoms with Crippen LogP contribution in [0.15, 0.2) is 83.8 Å². The summed E-state index contributed by atoms with van der Waals surface area (Å²) in [6, 6.07) is 22.2. The van der Waals surface area contributed by atoms with E-state index < -0.39 is 22.5 Å². The largest absolute Gasteiger partial charge is 0.492 e. The van der Waals surface area contributed by atoms with Crippen LogP contribution in [-0.4, -0.2) is 27.5 Å². The van der Waals surface area contributed by atoms with Crippen LogP contribution in [0.1, 0.15) is 12.5 Å². The van der Waals surface area contributed by atoms with E-state index in [1.807, 2.05) is 32.0 Å². The van der Waals surface area contributed by atoms with E-state index in [4.69, 9.17) is 4.74 Å². The summed E-state index contributed by atoms with van der Waals surface area (Å²) < 4.78 is 33.6.